The summed E-state index contributed by atoms with van der Waals surface area (Å²) in [5.41, 5.74) is 0.945. The number of thiazole rings is 1. The second-order valence-corrected chi connectivity index (χ2v) is 5.22. The minimum Gasteiger partial charge on any atom is -0.314 e. The molecule has 2 heterocycles. The van der Waals surface area contributed by atoms with Crippen molar-refractivity contribution in [2.45, 2.75) is 19.9 Å². The maximum atomic E-state index is 11.8. The van der Waals surface area contributed by atoms with Crippen molar-refractivity contribution in [3.63, 3.8) is 0 Å². The second kappa shape index (κ2) is 5.57. The van der Waals surface area contributed by atoms with Gasteiger partial charge in [-0.3, -0.25) is 9.69 Å². The number of carbonyl (C=O) groups is 1. The molecule has 0 radical (unpaired) electrons. The van der Waals surface area contributed by atoms with E-state index >= 15 is 0 Å². The standard InChI is InChI=1S/C11H18N4OS/c1-8-7-17-11(13-8)14-10(16)6-15-4-3-12-5-9(15)2/h7,9,12H,3-6H2,1-2H3,(H,13,14,16)/t9-/m0/s1. The van der Waals surface area contributed by atoms with E-state index in [1.807, 2.05) is 12.3 Å². The molecule has 0 spiro atoms. The Kier molecular flexibility index (Phi) is 4.09. The average molecular weight is 254 g/mol. The van der Waals surface area contributed by atoms with Gasteiger partial charge < -0.3 is 10.6 Å². The Morgan fingerprint density at radius 2 is 2.59 bits per heavy atom. The Bertz CT molecular complexity index is 393. The van der Waals surface area contributed by atoms with Crippen molar-refractivity contribution >= 4 is 22.4 Å². The van der Waals surface area contributed by atoms with E-state index in [1.165, 1.54) is 11.3 Å². The van der Waals surface area contributed by atoms with E-state index in [0.29, 0.717) is 17.7 Å². The van der Waals surface area contributed by atoms with Gasteiger partial charge in [0.05, 0.1) is 12.2 Å². The van der Waals surface area contributed by atoms with E-state index < -0.39 is 0 Å². The van der Waals surface area contributed by atoms with Crippen molar-refractivity contribution in [1.82, 2.24) is 15.2 Å². The van der Waals surface area contributed by atoms with Gasteiger partial charge in [-0.05, 0) is 13.8 Å². The quantitative estimate of drug-likeness (QED) is 0.833. The first-order valence-corrected chi connectivity index (χ1v) is 6.70. The van der Waals surface area contributed by atoms with Crippen LogP contribution in [0.15, 0.2) is 5.38 Å². The predicted octanol–water partition coefficient (Wildman–Crippen LogP) is 0.684. The van der Waals surface area contributed by atoms with Gasteiger partial charge in [0.15, 0.2) is 5.13 Å². The number of hydrogen-bond acceptors (Lipinski definition) is 5. The number of amides is 1. The molecule has 1 fully saturated rings. The Balaban J connectivity index is 1.84. The number of carbonyl (C=O) groups excluding carboxylic acids is 1. The molecule has 0 unspecified atom stereocenters. The summed E-state index contributed by atoms with van der Waals surface area (Å²) >= 11 is 1.47. The summed E-state index contributed by atoms with van der Waals surface area (Å²) in [6.45, 7) is 7.32. The van der Waals surface area contributed by atoms with Crippen LogP contribution < -0.4 is 10.6 Å². The van der Waals surface area contributed by atoms with Crippen LogP contribution in [0.2, 0.25) is 0 Å². The Hall–Kier alpha value is -0.980. The fourth-order valence-corrected chi connectivity index (χ4v) is 2.58. The molecule has 0 saturated carbocycles. The van der Waals surface area contributed by atoms with E-state index in [2.05, 4.69) is 27.4 Å². The number of anilines is 1. The summed E-state index contributed by atoms with van der Waals surface area (Å²) in [7, 11) is 0. The first kappa shape index (κ1) is 12.5. The van der Waals surface area contributed by atoms with Gasteiger partial charge in [0, 0.05) is 31.1 Å². The molecule has 17 heavy (non-hydrogen) atoms. The van der Waals surface area contributed by atoms with Crippen LogP contribution in [0.3, 0.4) is 0 Å². The van der Waals surface area contributed by atoms with E-state index in [-0.39, 0.29) is 5.91 Å². The molecule has 0 bridgehead atoms. The third-order valence-corrected chi connectivity index (χ3v) is 3.73. The fourth-order valence-electron chi connectivity index (χ4n) is 1.87. The van der Waals surface area contributed by atoms with Crippen molar-refractivity contribution in [2.75, 3.05) is 31.5 Å². The van der Waals surface area contributed by atoms with E-state index in [9.17, 15) is 4.79 Å². The third kappa shape index (κ3) is 3.49. The van der Waals surface area contributed by atoms with Gasteiger partial charge in [0.1, 0.15) is 0 Å². The lowest BCUT2D eigenvalue weighted by atomic mass is 10.2. The second-order valence-electron chi connectivity index (χ2n) is 4.37. The van der Waals surface area contributed by atoms with Crippen LogP contribution in [0.1, 0.15) is 12.6 Å². The first-order valence-electron chi connectivity index (χ1n) is 5.82. The van der Waals surface area contributed by atoms with Gasteiger partial charge >= 0.3 is 0 Å². The highest BCUT2D eigenvalue weighted by molar-refractivity contribution is 7.13. The number of hydrogen-bond donors (Lipinski definition) is 2. The van der Waals surface area contributed by atoms with Crippen LogP contribution in [-0.4, -0.2) is 48.0 Å². The molecular formula is C11H18N4OS. The fraction of sp³-hybridized carbons (Fsp3) is 0.636. The zero-order valence-electron chi connectivity index (χ0n) is 10.2. The first-order chi connectivity index (χ1) is 8.15. The Morgan fingerprint density at radius 1 is 1.76 bits per heavy atom. The molecule has 1 aliphatic heterocycles. The Labute approximate surface area is 105 Å². The zero-order chi connectivity index (χ0) is 12.3. The minimum absolute atomic E-state index is 0.0214. The third-order valence-electron chi connectivity index (χ3n) is 2.85. The van der Waals surface area contributed by atoms with Gasteiger partial charge in [-0.15, -0.1) is 11.3 Å². The number of aromatic nitrogens is 1. The van der Waals surface area contributed by atoms with Crippen molar-refractivity contribution in [2.24, 2.45) is 0 Å². The van der Waals surface area contributed by atoms with Crippen molar-refractivity contribution in [3.05, 3.63) is 11.1 Å². The molecule has 0 aliphatic carbocycles. The summed E-state index contributed by atoms with van der Waals surface area (Å²) < 4.78 is 0. The van der Waals surface area contributed by atoms with Gasteiger partial charge in [-0.1, -0.05) is 0 Å². The smallest absolute Gasteiger partial charge is 0.240 e. The number of piperazine rings is 1. The Morgan fingerprint density at radius 3 is 3.24 bits per heavy atom. The number of rotatable bonds is 3. The number of aryl methyl sites for hydroxylation is 1. The summed E-state index contributed by atoms with van der Waals surface area (Å²) in [6, 6.07) is 0.410. The molecule has 1 amide bonds. The summed E-state index contributed by atoms with van der Waals surface area (Å²) in [5, 5.41) is 8.77. The molecule has 5 nitrogen and oxygen atoms in total. The van der Waals surface area contributed by atoms with Crippen molar-refractivity contribution in [1.29, 1.82) is 0 Å². The van der Waals surface area contributed by atoms with Crippen LogP contribution in [-0.2, 0) is 4.79 Å². The highest BCUT2D eigenvalue weighted by Gasteiger charge is 2.20. The molecule has 1 saturated heterocycles. The molecule has 2 N–H and O–H groups in total. The lowest BCUT2D eigenvalue weighted by Gasteiger charge is -2.33. The van der Waals surface area contributed by atoms with Gasteiger partial charge in [-0.2, -0.15) is 0 Å². The van der Waals surface area contributed by atoms with Crippen LogP contribution in [0, 0.1) is 6.92 Å². The molecule has 1 aliphatic rings. The highest BCUT2D eigenvalue weighted by Crippen LogP contribution is 2.14. The summed E-state index contributed by atoms with van der Waals surface area (Å²) in [4.78, 5) is 18.2. The molecular weight excluding hydrogens is 236 g/mol. The number of nitrogens with zero attached hydrogens (tertiary/aromatic N) is 2. The van der Waals surface area contributed by atoms with E-state index in [0.717, 1.165) is 25.3 Å². The SMILES string of the molecule is Cc1csc(NC(=O)CN2CCNC[C@@H]2C)n1. The van der Waals surface area contributed by atoms with E-state index in [1.54, 1.807) is 0 Å². The molecule has 94 valence electrons. The van der Waals surface area contributed by atoms with Crippen LogP contribution >= 0.6 is 11.3 Å². The highest BCUT2D eigenvalue weighted by atomic mass is 32.1. The van der Waals surface area contributed by atoms with Crippen molar-refractivity contribution < 1.29 is 4.79 Å². The predicted molar refractivity (Wildman–Crippen MR) is 69.4 cm³/mol. The molecule has 1 atom stereocenters. The van der Waals surface area contributed by atoms with Gasteiger partial charge in [0.25, 0.3) is 0 Å². The monoisotopic (exact) mass is 254 g/mol. The maximum Gasteiger partial charge on any atom is 0.240 e. The minimum atomic E-state index is 0.0214. The lowest BCUT2D eigenvalue weighted by Crippen LogP contribution is -2.51. The zero-order valence-corrected chi connectivity index (χ0v) is 11.0. The molecule has 2 rings (SSSR count). The maximum absolute atomic E-state index is 11.8. The molecule has 6 heteroatoms. The largest absolute Gasteiger partial charge is 0.314 e. The van der Waals surface area contributed by atoms with Crippen molar-refractivity contribution in [3.8, 4) is 0 Å². The number of nitrogens with one attached hydrogen (secondary N) is 2. The molecule has 1 aromatic heterocycles. The topological polar surface area (TPSA) is 57.3 Å². The van der Waals surface area contributed by atoms with Crippen LogP contribution in [0.4, 0.5) is 5.13 Å². The van der Waals surface area contributed by atoms with Crippen LogP contribution in [0.5, 0.6) is 0 Å². The normalized spacial score (nSPS) is 21.4. The molecule has 0 aromatic carbocycles. The van der Waals surface area contributed by atoms with E-state index in [4.69, 9.17) is 0 Å². The van der Waals surface area contributed by atoms with Crippen LogP contribution in [0.25, 0.3) is 0 Å². The average Bonchev–Trinajstić information content (AvgIpc) is 2.67. The summed E-state index contributed by atoms with van der Waals surface area (Å²) in [5.74, 6) is 0.0214. The van der Waals surface area contributed by atoms with Gasteiger partial charge in [-0.25, -0.2) is 4.98 Å². The molecule has 1 aromatic rings. The summed E-state index contributed by atoms with van der Waals surface area (Å²) in [6.07, 6.45) is 0. The van der Waals surface area contributed by atoms with Gasteiger partial charge in [0.2, 0.25) is 5.91 Å². The lowest BCUT2D eigenvalue weighted by molar-refractivity contribution is -0.118.